The van der Waals surface area contributed by atoms with E-state index < -0.39 is 5.60 Å². The molecule has 0 aliphatic carbocycles. The highest BCUT2D eigenvalue weighted by molar-refractivity contribution is 14.0. The monoisotopic (exact) mass is 494 g/mol. The van der Waals surface area contributed by atoms with Crippen molar-refractivity contribution in [2.75, 3.05) is 13.1 Å². The average molecular weight is 494 g/mol. The number of hydrogen-bond acceptors (Lipinski definition) is 5. The summed E-state index contributed by atoms with van der Waals surface area (Å²) in [5, 5.41) is 22.2. The van der Waals surface area contributed by atoms with Crippen LogP contribution in [0.25, 0.3) is 0 Å². The average Bonchev–Trinajstić information content (AvgIpc) is 3.21. The molecule has 0 bridgehead atoms. The number of nitrogens with one attached hydrogen (secondary N) is 2. The Kier molecular flexibility index (Phi) is 9.33. The summed E-state index contributed by atoms with van der Waals surface area (Å²) >= 11 is 3.23. The molecule has 2 rings (SSSR count). The molecule has 25 heavy (non-hydrogen) atoms. The summed E-state index contributed by atoms with van der Waals surface area (Å²) in [5.41, 5.74) is 0.0569. The maximum atomic E-state index is 10.6. The van der Waals surface area contributed by atoms with Crippen LogP contribution in [0.1, 0.15) is 49.2 Å². The number of guanidine groups is 1. The van der Waals surface area contributed by atoms with Gasteiger partial charge in [0.2, 0.25) is 0 Å². The first-order valence-corrected chi connectivity index (χ1v) is 9.91. The summed E-state index contributed by atoms with van der Waals surface area (Å²) in [6.07, 6.45) is 0. The summed E-state index contributed by atoms with van der Waals surface area (Å²) in [7, 11) is 0. The summed E-state index contributed by atoms with van der Waals surface area (Å²) in [4.78, 5) is 10.1. The lowest BCUT2D eigenvalue weighted by Crippen LogP contribution is -2.44. The van der Waals surface area contributed by atoms with Crippen molar-refractivity contribution in [2.45, 2.75) is 45.8 Å². The van der Waals surface area contributed by atoms with E-state index in [0.29, 0.717) is 25.0 Å². The standard InChI is InChI=1S/C17H26N4OS2.HI/c1-5-18-16(19-9-13-10-24-15(21-13)12(2)3)20-11-17(4,22)14-7-6-8-23-14;/h6-8,10,12,22H,5,9,11H2,1-4H3,(H2,18,19,20);1H. The van der Waals surface area contributed by atoms with Gasteiger partial charge >= 0.3 is 0 Å². The van der Waals surface area contributed by atoms with Gasteiger partial charge in [0.1, 0.15) is 5.60 Å². The SMILES string of the molecule is CCNC(=NCc1csc(C(C)C)n1)NCC(C)(O)c1cccs1.I. The molecular weight excluding hydrogens is 467 g/mol. The molecule has 1 unspecified atom stereocenters. The predicted molar refractivity (Wildman–Crippen MR) is 118 cm³/mol. The first kappa shape index (κ1) is 22.3. The zero-order valence-corrected chi connectivity index (χ0v) is 19.0. The molecule has 0 saturated carbocycles. The van der Waals surface area contributed by atoms with E-state index in [-0.39, 0.29) is 24.0 Å². The smallest absolute Gasteiger partial charge is 0.191 e. The highest BCUT2D eigenvalue weighted by Crippen LogP contribution is 2.24. The Morgan fingerprint density at radius 2 is 2.12 bits per heavy atom. The molecule has 0 aliphatic rings. The van der Waals surface area contributed by atoms with Crippen molar-refractivity contribution in [3.8, 4) is 0 Å². The van der Waals surface area contributed by atoms with Gasteiger partial charge in [0.05, 0.1) is 23.8 Å². The molecule has 2 aromatic heterocycles. The molecule has 0 aromatic carbocycles. The molecule has 8 heteroatoms. The largest absolute Gasteiger partial charge is 0.383 e. The lowest BCUT2D eigenvalue weighted by molar-refractivity contribution is 0.0655. The van der Waals surface area contributed by atoms with Gasteiger partial charge in [-0.3, -0.25) is 0 Å². The molecule has 0 aliphatic heterocycles. The van der Waals surface area contributed by atoms with Gasteiger partial charge in [-0.05, 0) is 25.3 Å². The Morgan fingerprint density at radius 1 is 1.36 bits per heavy atom. The van der Waals surface area contributed by atoms with Crippen LogP contribution >= 0.6 is 46.7 Å². The van der Waals surface area contributed by atoms with E-state index >= 15 is 0 Å². The number of nitrogens with zero attached hydrogens (tertiary/aromatic N) is 2. The van der Waals surface area contributed by atoms with Crippen molar-refractivity contribution in [1.29, 1.82) is 0 Å². The molecule has 3 N–H and O–H groups in total. The fourth-order valence-corrected chi connectivity index (χ4v) is 3.70. The van der Waals surface area contributed by atoms with Gasteiger partial charge in [-0.25, -0.2) is 9.98 Å². The minimum absolute atomic E-state index is 0. The zero-order chi connectivity index (χ0) is 17.6. The van der Waals surface area contributed by atoms with Crippen molar-refractivity contribution in [3.63, 3.8) is 0 Å². The third-order valence-electron chi connectivity index (χ3n) is 3.46. The fourth-order valence-electron chi connectivity index (χ4n) is 2.09. The summed E-state index contributed by atoms with van der Waals surface area (Å²) in [5.74, 6) is 1.13. The minimum Gasteiger partial charge on any atom is -0.383 e. The van der Waals surface area contributed by atoms with Crippen LogP contribution in [0.2, 0.25) is 0 Å². The highest BCUT2D eigenvalue weighted by atomic mass is 127. The van der Waals surface area contributed by atoms with Gasteiger partial charge in [0, 0.05) is 22.7 Å². The van der Waals surface area contributed by atoms with Crippen molar-refractivity contribution >= 4 is 52.6 Å². The minimum atomic E-state index is -0.921. The third-order valence-corrected chi connectivity index (χ3v) is 5.78. The summed E-state index contributed by atoms with van der Waals surface area (Å²) in [6, 6.07) is 3.89. The number of hydrogen-bond donors (Lipinski definition) is 3. The third kappa shape index (κ3) is 6.84. The van der Waals surface area contributed by atoms with Crippen molar-refractivity contribution in [3.05, 3.63) is 38.5 Å². The lowest BCUT2D eigenvalue weighted by atomic mass is 10.1. The first-order valence-electron chi connectivity index (χ1n) is 8.15. The van der Waals surface area contributed by atoms with Crippen LogP contribution in [0.3, 0.4) is 0 Å². The number of halogens is 1. The second-order valence-electron chi connectivity index (χ2n) is 6.13. The van der Waals surface area contributed by atoms with E-state index in [1.807, 2.05) is 31.4 Å². The van der Waals surface area contributed by atoms with Crippen LogP contribution in [0.5, 0.6) is 0 Å². The van der Waals surface area contributed by atoms with Crippen molar-refractivity contribution < 1.29 is 5.11 Å². The lowest BCUT2D eigenvalue weighted by Gasteiger charge is -2.23. The molecule has 0 fully saturated rings. The van der Waals surface area contributed by atoms with Gasteiger partial charge in [-0.15, -0.1) is 46.7 Å². The molecule has 1 atom stereocenters. The topological polar surface area (TPSA) is 69.5 Å². The Hall–Kier alpha value is -0.710. The number of thiazole rings is 1. The predicted octanol–water partition coefficient (Wildman–Crippen LogP) is 3.91. The molecule has 5 nitrogen and oxygen atoms in total. The number of aliphatic imine (C=N–C) groups is 1. The van der Waals surface area contributed by atoms with E-state index in [2.05, 4.69) is 39.8 Å². The summed E-state index contributed by atoms with van der Waals surface area (Å²) in [6.45, 7) is 9.81. The second kappa shape index (κ2) is 10.4. The molecule has 140 valence electrons. The first-order chi connectivity index (χ1) is 11.4. The zero-order valence-electron chi connectivity index (χ0n) is 15.1. The Labute approximate surface area is 175 Å². The fraction of sp³-hybridized carbons (Fsp3) is 0.529. The number of aromatic nitrogens is 1. The molecular formula is C17H27IN4OS2. The molecule has 2 aromatic rings. The van der Waals surface area contributed by atoms with Crippen LogP contribution in [0.4, 0.5) is 0 Å². The molecule has 0 saturated heterocycles. The van der Waals surface area contributed by atoms with Crippen LogP contribution in [0.15, 0.2) is 27.9 Å². The number of thiophene rings is 1. The van der Waals surface area contributed by atoms with Gasteiger partial charge in [-0.1, -0.05) is 19.9 Å². The number of aliphatic hydroxyl groups is 1. The van der Waals surface area contributed by atoms with Crippen molar-refractivity contribution in [1.82, 2.24) is 15.6 Å². The Balaban J connectivity index is 0.00000312. The van der Waals surface area contributed by atoms with Crippen molar-refractivity contribution in [2.24, 2.45) is 4.99 Å². The van der Waals surface area contributed by atoms with Crippen LogP contribution in [-0.4, -0.2) is 29.1 Å². The maximum absolute atomic E-state index is 10.6. The van der Waals surface area contributed by atoms with E-state index in [0.717, 1.165) is 22.1 Å². The maximum Gasteiger partial charge on any atom is 0.191 e. The molecule has 2 heterocycles. The second-order valence-corrected chi connectivity index (χ2v) is 7.97. The van der Waals surface area contributed by atoms with Crippen LogP contribution in [-0.2, 0) is 12.1 Å². The van der Waals surface area contributed by atoms with Gasteiger partial charge < -0.3 is 15.7 Å². The Morgan fingerprint density at radius 3 is 2.68 bits per heavy atom. The molecule has 0 radical (unpaired) electrons. The van der Waals surface area contributed by atoms with E-state index in [1.54, 1.807) is 22.7 Å². The quantitative estimate of drug-likeness (QED) is 0.310. The van der Waals surface area contributed by atoms with E-state index in [4.69, 9.17) is 0 Å². The van der Waals surface area contributed by atoms with E-state index in [1.165, 1.54) is 0 Å². The van der Waals surface area contributed by atoms with Gasteiger partial charge in [-0.2, -0.15) is 0 Å². The Bertz CT molecular complexity index is 653. The highest BCUT2D eigenvalue weighted by Gasteiger charge is 2.24. The van der Waals surface area contributed by atoms with Gasteiger partial charge in [0.25, 0.3) is 0 Å². The van der Waals surface area contributed by atoms with Crippen LogP contribution < -0.4 is 10.6 Å². The normalized spacial score (nSPS) is 14.1. The van der Waals surface area contributed by atoms with Crippen LogP contribution in [0, 0.1) is 0 Å². The van der Waals surface area contributed by atoms with E-state index in [9.17, 15) is 5.11 Å². The molecule has 0 amide bonds. The summed E-state index contributed by atoms with van der Waals surface area (Å²) < 4.78 is 0. The number of rotatable bonds is 7. The van der Waals surface area contributed by atoms with Gasteiger partial charge in [0.15, 0.2) is 5.96 Å². The molecule has 0 spiro atoms.